The van der Waals surface area contributed by atoms with Crippen molar-refractivity contribution >= 4 is 5.91 Å². The largest absolute Gasteiger partial charge is 0.493 e. The molecule has 5 nitrogen and oxygen atoms in total. The lowest BCUT2D eigenvalue weighted by Gasteiger charge is -2.09. The van der Waals surface area contributed by atoms with Crippen LogP contribution in [0.3, 0.4) is 0 Å². The summed E-state index contributed by atoms with van der Waals surface area (Å²) in [6.07, 6.45) is 3.05. The molecule has 0 saturated carbocycles. The van der Waals surface area contributed by atoms with Gasteiger partial charge in [-0.05, 0) is 24.3 Å². The van der Waals surface area contributed by atoms with Crippen LogP contribution < -0.4 is 15.1 Å². The van der Waals surface area contributed by atoms with Gasteiger partial charge >= 0.3 is 0 Å². The monoisotopic (exact) mass is 244 g/mol. The van der Waals surface area contributed by atoms with Crippen molar-refractivity contribution in [2.75, 3.05) is 7.11 Å². The molecule has 0 fully saturated rings. The Kier molecular flexibility index (Phi) is 3.76. The fourth-order valence-corrected chi connectivity index (χ4v) is 1.36. The lowest BCUT2D eigenvalue weighted by atomic mass is 10.3. The van der Waals surface area contributed by atoms with E-state index in [0.717, 1.165) is 0 Å². The molecule has 0 unspecified atom stereocenters. The summed E-state index contributed by atoms with van der Waals surface area (Å²) in [5.41, 5.74) is 2.75. The molecule has 5 heteroatoms. The molecule has 1 amide bonds. The first-order valence-electron chi connectivity index (χ1n) is 5.31. The number of hydrogen-bond donors (Lipinski definition) is 1. The minimum atomic E-state index is -0.367. The fourth-order valence-electron chi connectivity index (χ4n) is 1.36. The number of nitrogens with zero attached hydrogens (tertiary/aromatic N) is 1. The van der Waals surface area contributed by atoms with Crippen LogP contribution in [0.5, 0.6) is 11.5 Å². The number of para-hydroxylation sites is 2. The minimum absolute atomic E-state index is 0.367. The predicted molar refractivity (Wildman–Crippen MR) is 65.3 cm³/mol. The molecule has 1 aromatic heterocycles. The molecule has 1 aromatic carbocycles. The van der Waals surface area contributed by atoms with Crippen LogP contribution in [0.2, 0.25) is 0 Å². The molecule has 2 rings (SSSR count). The van der Waals surface area contributed by atoms with Gasteiger partial charge in [0.15, 0.2) is 11.5 Å². The van der Waals surface area contributed by atoms with E-state index < -0.39 is 0 Å². The Labute approximate surface area is 104 Å². The zero-order chi connectivity index (χ0) is 12.8. The first-order valence-corrected chi connectivity index (χ1v) is 5.31. The molecule has 0 bridgehead atoms. The highest BCUT2D eigenvalue weighted by Crippen LogP contribution is 2.24. The molecule has 0 atom stereocenters. The molecular weight excluding hydrogens is 232 g/mol. The molecule has 0 radical (unpaired) electrons. The quantitative estimate of drug-likeness (QED) is 0.833. The zero-order valence-corrected chi connectivity index (χ0v) is 9.79. The van der Waals surface area contributed by atoms with E-state index in [1.807, 2.05) is 6.07 Å². The van der Waals surface area contributed by atoms with Gasteiger partial charge in [-0.25, -0.2) is 0 Å². The number of methoxy groups -OCH3 is 1. The number of pyridine rings is 1. The fraction of sp³-hybridized carbons (Fsp3) is 0.0769. The molecule has 0 aliphatic rings. The molecule has 1 N–H and O–H groups in total. The summed E-state index contributed by atoms with van der Waals surface area (Å²) >= 11 is 0. The van der Waals surface area contributed by atoms with Gasteiger partial charge < -0.3 is 9.57 Å². The second-order valence-corrected chi connectivity index (χ2v) is 3.43. The summed E-state index contributed by atoms with van der Waals surface area (Å²) in [6, 6.07) is 10.4. The number of ether oxygens (including phenoxy) is 1. The van der Waals surface area contributed by atoms with Gasteiger partial charge in [0.05, 0.1) is 12.7 Å². The Morgan fingerprint density at radius 1 is 1.17 bits per heavy atom. The number of amides is 1. The lowest BCUT2D eigenvalue weighted by Crippen LogP contribution is -2.27. The van der Waals surface area contributed by atoms with E-state index in [-0.39, 0.29) is 5.91 Å². The third-order valence-corrected chi connectivity index (χ3v) is 2.25. The third-order valence-electron chi connectivity index (χ3n) is 2.25. The summed E-state index contributed by atoms with van der Waals surface area (Å²) in [5, 5.41) is 0. The molecule has 0 saturated heterocycles. The average Bonchev–Trinajstić information content (AvgIpc) is 2.46. The standard InChI is InChI=1S/C13H12N2O3/c1-17-11-6-2-3-7-12(11)18-15-13(16)10-5-4-8-14-9-10/h2-9H,1H3,(H,15,16). The van der Waals surface area contributed by atoms with E-state index in [4.69, 9.17) is 9.57 Å². The zero-order valence-electron chi connectivity index (χ0n) is 9.79. The van der Waals surface area contributed by atoms with Gasteiger partial charge in [-0.2, -0.15) is 5.48 Å². The summed E-state index contributed by atoms with van der Waals surface area (Å²) in [5.74, 6) is 0.621. The number of hydrogen-bond acceptors (Lipinski definition) is 4. The maximum Gasteiger partial charge on any atom is 0.285 e. The number of benzene rings is 1. The Bertz CT molecular complexity index is 529. The minimum Gasteiger partial charge on any atom is -0.493 e. The molecule has 0 aliphatic heterocycles. The highest BCUT2D eigenvalue weighted by Gasteiger charge is 2.08. The van der Waals surface area contributed by atoms with Crippen LogP contribution in [0.25, 0.3) is 0 Å². The SMILES string of the molecule is COc1ccccc1ONC(=O)c1cccnc1. The van der Waals surface area contributed by atoms with Gasteiger partial charge in [0.2, 0.25) is 0 Å². The van der Waals surface area contributed by atoms with Crippen molar-refractivity contribution in [2.45, 2.75) is 0 Å². The van der Waals surface area contributed by atoms with E-state index in [0.29, 0.717) is 17.1 Å². The first-order chi connectivity index (χ1) is 8.81. The Morgan fingerprint density at radius 2 is 1.94 bits per heavy atom. The Morgan fingerprint density at radius 3 is 2.61 bits per heavy atom. The topological polar surface area (TPSA) is 60.5 Å². The molecule has 0 aliphatic carbocycles. The van der Waals surface area contributed by atoms with Crippen molar-refractivity contribution < 1.29 is 14.4 Å². The lowest BCUT2D eigenvalue weighted by molar-refractivity contribution is 0.0754. The molecule has 2 aromatic rings. The Balaban J connectivity index is 2.02. The average molecular weight is 244 g/mol. The van der Waals surface area contributed by atoms with Crippen molar-refractivity contribution in [3.63, 3.8) is 0 Å². The van der Waals surface area contributed by atoms with Crippen LogP contribution in [0.4, 0.5) is 0 Å². The first kappa shape index (κ1) is 11.9. The number of hydroxylamine groups is 1. The van der Waals surface area contributed by atoms with Crippen LogP contribution in [0.1, 0.15) is 10.4 Å². The maximum absolute atomic E-state index is 11.7. The molecular formula is C13H12N2O3. The molecule has 0 spiro atoms. The van der Waals surface area contributed by atoms with Crippen molar-refractivity contribution in [3.8, 4) is 11.5 Å². The third kappa shape index (κ3) is 2.76. The van der Waals surface area contributed by atoms with Crippen LogP contribution in [0, 0.1) is 0 Å². The number of carbonyl (C=O) groups is 1. The van der Waals surface area contributed by atoms with Crippen molar-refractivity contribution in [2.24, 2.45) is 0 Å². The van der Waals surface area contributed by atoms with Crippen LogP contribution in [-0.4, -0.2) is 18.0 Å². The van der Waals surface area contributed by atoms with Crippen LogP contribution in [-0.2, 0) is 0 Å². The van der Waals surface area contributed by atoms with Crippen molar-refractivity contribution in [1.29, 1.82) is 0 Å². The van der Waals surface area contributed by atoms with Gasteiger partial charge in [0.1, 0.15) is 0 Å². The van der Waals surface area contributed by atoms with Crippen LogP contribution >= 0.6 is 0 Å². The van der Waals surface area contributed by atoms with E-state index in [1.165, 1.54) is 13.3 Å². The summed E-state index contributed by atoms with van der Waals surface area (Å²) < 4.78 is 5.09. The summed E-state index contributed by atoms with van der Waals surface area (Å²) in [6.45, 7) is 0. The number of rotatable bonds is 4. The summed E-state index contributed by atoms with van der Waals surface area (Å²) in [4.78, 5) is 20.7. The normalized spacial score (nSPS) is 9.61. The maximum atomic E-state index is 11.7. The van der Waals surface area contributed by atoms with Gasteiger partial charge in [-0.15, -0.1) is 0 Å². The second kappa shape index (κ2) is 5.67. The van der Waals surface area contributed by atoms with E-state index in [9.17, 15) is 4.79 Å². The Hall–Kier alpha value is -2.56. The van der Waals surface area contributed by atoms with E-state index >= 15 is 0 Å². The van der Waals surface area contributed by atoms with E-state index in [1.54, 1.807) is 36.5 Å². The van der Waals surface area contributed by atoms with Crippen molar-refractivity contribution in [3.05, 3.63) is 54.4 Å². The number of aromatic nitrogens is 1. The van der Waals surface area contributed by atoms with Gasteiger partial charge in [0, 0.05) is 12.4 Å². The molecule has 18 heavy (non-hydrogen) atoms. The summed E-state index contributed by atoms with van der Waals surface area (Å²) in [7, 11) is 1.53. The number of carbonyl (C=O) groups excluding carboxylic acids is 1. The van der Waals surface area contributed by atoms with Gasteiger partial charge in [-0.1, -0.05) is 12.1 Å². The van der Waals surface area contributed by atoms with E-state index in [2.05, 4.69) is 10.5 Å². The highest BCUT2D eigenvalue weighted by atomic mass is 16.7. The molecule has 1 heterocycles. The smallest absolute Gasteiger partial charge is 0.285 e. The molecule has 92 valence electrons. The van der Waals surface area contributed by atoms with Crippen molar-refractivity contribution in [1.82, 2.24) is 10.5 Å². The van der Waals surface area contributed by atoms with Gasteiger partial charge in [-0.3, -0.25) is 9.78 Å². The highest BCUT2D eigenvalue weighted by molar-refractivity contribution is 5.93. The number of nitrogens with one attached hydrogen (secondary N) is 1. The second-order valence-electron chi connectivity index (χ2n) is 3.43. The van der Waals surface area contributed by atoms with Gasteiger partial charge in [0.25, 0.3) is 5.91 Å². The van der Waals surface area contributed by atoms with Crippen LogP contribution in [0.15, 0.2) is 48.8 Å². The predicted octanol–water partition coefficient (Wildman–Crippen LogP) is 1.81.